The van der Waals surface area contributed by atoms with Crippen molar-refractivity contribution in [3.8, 4) is 17.2 Å². The van der Waals surface area contributed by atoms with Gasteiger partial charge in [-0.15, -0.1) is 0 Å². The van der Waals surface area contributed by atoms with E-state index in [0.29, 0.717) is 34.1 Å². The highest BCUT2D eigenvalue weighted by Crippen LogP contribution is 2.33. The highest BCUT2D eigenvalue weighted by Gasteiger charge is 2.23. The van der Waals surface area contributed by atoms with Crippen LogP contribution in [0.5, 0.6) is 17.2 Å². The predicted octanol–water partition coefficient (Wildman–Crippen LogP) is 2.96. The molecule has 3 amide bonds. The second-order valence-corrected chi connectivity index (χ2v) is 7.91. The first kappa shape index (κ1) is 24.5. The zero-order valence-electron chi connectivity index (χ0n) is 19.5. The van der Waals surface area contributed by atoms with Crippen molar-refractivity contribution in [1.29, 1.82) is 0 Å². The van der Waals surface area contributed by atoms with E-state index in [9.17, 15) is 18.8 Å². The Morgan fingerprint density at radius 1 is 0.944 bits per heavy atom. The molecule has 186 valence electrons. The van der Waals surface area contributed by atoms with Crippen LogP contribution in [0, 0.1) is 5.82 Å². The molecule has 0 saturated heterocycles. The van der Waals surface area contributed by atoms with Crippen molar-refractivity contribution in [2.45, 2.75) is 6.54 Å². The van der Waals surface area contributed by atoms with E-state index >= 15 is 0 Å². The lowest BCUT2D eigenvalue weighted by Crippen LogP contribution is -2.42. The number of nitrogens with one attached hydrogen (secondary N) is 2. The van der Waals surface area contributed by atoms with Crippen molar-refractivity contribution < 1.29 is 33.0 Å². The molecule has 0 radical (unpaired) electrons. The van der Waals surface area contributed by atoms with Crippen LogP contribution in [0.15, 0.2) is 66.7 Å². The van der Waals surface area contributed by atoms with E-state index in [-0.39, 0.29) is 26.4 Å². The monoisotopic (exact) mass is 493 g/mol. The maximum Gasteiger partial charge on any atom is 0.254 e. The second-order valence-electron chi connectivity index (χ2n) is 7.91. The van der Waals surface area contributed by atoms with Crippen molar-refractivity contribution in [2.24, 2.45) is 0 Å². The number of rotatable bonds is 9. The first-order chi connectivity index (χ1) is 17.4. The van der Waals surface area contributed by atoms with Gasteiger partial charge in [0.1, 0.15) is 18.1 Å². The van der Waals surface area contributed by atoms with Gasteiger partial charge in [-0.3, -0.25) is 14.4 Å². The Labute approximate surface area is 206 Å². The van der Waals surface area contributed by atoms with E-state index < -0.39 is 23.5 Å². The molecule has 0 aromatic heterocycles. The molecule has 4 rings (SSSR count). The fraction of sp³-hybridized carbons (Fsp3) is 0.192. The third-order valence-corrected chi connectivity index (χ3v) is 5.35. The Balaban J connectivity index is 1.40. The first-order valence-electron chi connectivity index (χ1n) is 11.1. The minimum Gasteiger partial charge on any atom is -0.497 e. The molecule has 2 N–H and O–H groups in total. The standard InChI is InChI=1S/C26H24FN3O6/c1-34-21-9-7-20(8-10-21)29-24(31)13-28-25(32)15-30(14-17-2-5-19(27)6-3-17)26(33)18-4-11-22-23(12-18)36-16-35-22/h2-12H,13-16H2,1H3,(H,28,32)(H,29,31). The quantitative estimate of drug-likeness (QED) is 0.475. The lowest BCUT2D eigenvalue weighted by Gasteiger charge is -2.22. The summed E-state index contributed by atoms with van der Waals surface area (Å²) >= 11 is 0. The number of carbonyl (C=O) groups excluding carboxylic acids is 3. The van der Waals surface area contributed by atoms with Crippen molar-refractivity contribution in [3.63, 3.8) is 0 Å². The van der Waals surface area contributed by atoms with E-state index in [0.717, 1.165) is 0 Å². The summed E-state index contributed by atoms with van der Waals surface area (Å²) in [6, 6.07) is 17.1. The van der Waals surface area contributed by atoms with Gasteiger partial charge in [-0.1, -0.05) is 12.1 Å². The third kappa shape index (κ3) is 6.29. The Morgan fingerprint density at radius 2 is 1.67 bits per heavy atom. The van der Waals surface area contributed by atoms with Gasteiger partial charge in [-0.05, 0) is 60.2 Å². The molecule has 1 aliphatic heterocycles. The number of halogens is 1. The zero-order valence-corrected chi connectivity index (χ0v) is 19.5. The molecule has 3 aromatic rings. The van der Waals surface area contributed by atoms with Crippen LogP contribution in [-0.4, -0.2) is 49.6 Å². The molecule has 10 heteroatoms. The molecule has 0 bridgehead atoms. The van der Waals surface area contributed by atoms with Crippen LogP contribution < -0.4 is 24.8 Å². The lowest BCUT2D eigenvalue weighted by atomic mass is 10.1. The minimum absolute atomic E-state index is 0.0546. The number of methoxy groups -OCH3 is 1. The molecule has 0 atom stereocenters. The van der Waals surface area contributed by atoms with Gasteiger partial charge in [-0.2, -0.15) is 0 Å². The van der Waals surface area contributed by atoms with E-state index in [2.05, 4.69) is 10.6 Å². The number of hydrogen-bond acceptors (Lipinski definition) is 6. The number of benzene rings is 3. The summed E-state index contributed by atoms with van der Waals surface area (Å²) in [7, 11) is 1.54. The predicted molar refractivity (Wildman–Crippen MR) is 128 cm³/mol. The third-order valence-electron chi connectivity index (χ3n) is 5.35. The Kier molecular flexibility index (Phi) is 7.64. The van der Waals surface area contributed by atoms with E-state index in [1.165, 1.54) is 29.2 Å². The number of nitrogens with zero attached hydrogens (tertiary/aromatic N) is 1. The maximum absolute atomic E-state index is 13.3. The summed E-state index contributed by atoms with van der Waals surface area (Å²) < 4.78 is 29.0. The molecule has 0 saturated carbocycles. The van der Waals surface area contributed by atoms with Gasteiger partial charge in [0.05, 0.1) is 13.7 Å². The van der Waals surface area contributed by atoms with Gasteiger partial charge >= 0.3 is 0 Å². The van der Waals surface area contributed by atoms with Gasteiger partial charge in [0.2, 0.25) is 18.6 Å². The van der Waals surface area contributed by atoms with Gasteiger partial charge < -0.3 is 29.7 Å². The highest BCUT2D eigenvalue weighted by atomic mass is 19.1. The molecule has 0 unspecified atom stereocenters. The number of anilines is 1. The SMILES string of the molecule is COc1ccc(NC(=O)CNC(=O)CN(Cc2ccc(F)cc2)C(=O)c2ccc3c(c2)OCO3)cc1. The molecule has 9 nitrogen and oxygen atoms in total. The van der Waals surface area contributed by atoms with Gasteiger partial charge in [0, 0.05) is 17.8 Å². The Morgan fingerprint density at radius 3 is 2.39 bits per heavy atom. The Bertz CT molecular complexity index is 1250. The maximum atomic E-state index is 13.3. The summed E-state index contributed by atoms with van der Waals surface area (Å²) in [5, 5.41) is 5.19. The van der Waals surface area contributed by atoms with E-state index in [1.807, 2.05) is 0 Å². The molecular formula is C26H24FN3O6. The van der Waals surface area contributed by atoms with E-state index in [4.69, 9.17) is 14.2 Å². The number of hydrogen-bond donors (Lipinski definition) is 2. The topological polar surface area (TPSA) is 106 Å². The summed E-state index contributed by atoms with van der Waals surface area (Å²) in [5.74, 6) is -0.200. The average Bonchev–Trinajstić information content (AvgIpc) is 3.36. The molecule has 1 aliphatic rings. The van der Waals surface area contributed by atoms with Gasteiger partial charge in [-0.25, -0.2) is 4.39 Å². The fourth-order valence-electron chi connectivity index (χ4n) is 3.51. The fourth-order valence-corrected chi connectivity index (χ4v) is 3.51. The zero-order chi connectivity index (χ0) is 25.5. The van der Waals surface area contributed by atoms with Crippen molar-refractivity contribution >= 4 is 23.4 Å². The second kappa shape index (κ2) is 11.2. The van der Waals surface area contributed by atoms with Crippen LogP contribution in [0.3, 0.4) is 0 Å². The molecule has 3 aromatic carbocycles. The van der Waals surface area contributed by atoms with Crippen molar-refractivity contribution in [1.82, 2.24) is 10.2 Å². The van der Waals surface area contributed by atoms with Crippen LogP contribution >= 0.6 is 0 Å². The summed E-state index contributed by atoms with van der Waals surface area (Å²) in [4.78, 5) is 39.5. The summed E-state index contributed by atoms with van der Waals surface area (Å²) in [5.41, 5.74) is 1.48. The lowest BCUT2D eigenvalue weighted by molar-refractivity contribution is -0.124. The molecule has 0 spiro atoms. The smallest absolute Gasteiger partial charge is 0.254 e. The van der Waals surface area contributed by atoms with Crippen LogP contribution in [-0.2, 0) is 16.1 Å². The van der Waals surface area contributed by atoms with Crippen LogP contribution in [0.2, 0.25) is 0 Å². The Hall–Kier alpha value is -4.60. The molecule has 1 heterocycles. The first-order valence-corrected chi connectivity index (χ1v) is 11.1. The van der Waals surface area contributed by atoms with E-state index in [1.54, 1.807) is 49.6 Å². The molecular weight excluding hydrogens is 469 g/mol. The number of carbonyl (C=O) groups is 3. The molecule has 36 heavy (non-hydrogen) atoms. The number of amides is 3. The van der Waals surface area contributed by atoms with Crippen LogP contribution in [0.1, 0.15) is 15.9 Å². The molecule has 0 aliphatic carbocycles. The van der Waals surface area contributed by atoms with Gasteiger partial charge in [0.25, 0.3) is 5.91 Å². The average molecular weight is 493 g/mol. The van der Waals surface area contributed by atoms with Crippen molar-refractivity contribution in [2.75, 3.05) is 32.3 Å². The van der Waals surface area contributed by atoms with Crippen LogP contribution in [0.4, 0.5) is 10.1 Å². The number of ether oxygens (including phenoxy) is 3. The van der Waals surface area contributed by atoms with Crippen LogP contribution in [0.25, 0.3) is 0 Å². The summed E-state index contributed by atoms with van der Waals surface area (Å²) in [6.45, 7) is -0.486. The van der Waals surface area contributed by atoms with Gasteiger partial charge in [0.15, 0.2) is 11.5 Å². The summed E-state index contributed by atoms with van der Waals surface area (Å²) in [6.07, 6.45) is 0. The normalized spacial score (nSPS) is 11.5. The van der Waals surface area contributed by atoms with Crippen molar-refractivity contribution in [3.05, 3.63) is 83.7 Å². The minimum atomic E-state index is -0.531. The largest absolute Gasteiger partial charge is 0.497 e. The number of fused-ring (bicyclic) bond motifs is 1. The molecule has 0 fully saturated rings. The highest BCUT2D eigenvalue weighted by molar-refractivity contribution is 5.98.